The van der Waals surface area contributed by atoms with Gasteiger partial charge >= 0.3 is 6.03 Å². The van der Waals surface area contributed by atoms with E-state index in [2.05, 4.69) is 22.9 Å². The maximum absolute atomic E-state index is 13.5. The highest BCUT2D eigenvalue weighted by molar-refractivity contribution is 5.92. The molecular formula is C20H24FN3O2. The molecule has 0 aliphatic heterocycles. The van der Waals surface area contributed by atoms with Gasteiger partial charge in [0, 0.05) is 12.2 Å². The van der Waals surface area contributed by atoms with E-state index < -0.39 is 5.82 Å². The average Bonchev–Trinajstić information content (AvgIpc) is 2.62. The maximum atomic E-state index is 13.5. The Morgan fingerprint density at radius 2 is 1.69 bits per heavy atom. The number of rotatable bonds is 8. The molecule has 6 heteroatoms. The van der Waals surface area contributed by atoms with Crippen molar-refractivity contribution in [3.05, 3.63) is 59.9 Å². The van der Waals surface area contributed by atoms with Crippen molar-refractivity contribution in [3.63, 3.8) is 0 Å². The summed E-state index contributed by atoms with van der Waals surface area (Å²) in [6.07, 6.45) is 3.27. The minimum Gasteiger partial charge on any atom is -0.338 e. The van der Waals surface area contributed by atoms with Crippen LogP contribution in [0.1, 0.15) is 31.7 Å². The van der Waals surface area contributed by atoms with E-state index in [1.807, 2.05) is 0 Å². The zero-order valence-corrected chi connectivity index (χ0v) is 14.8. The van der Waals surface area contributed by atoms with E-state index in [0.717, 1.165) is 24.8 Å². The second-order valence-corrected chi connectivity index (χ2v) is 5.99. The van der Waals surface area contributed by atoms with Gasteiger partial charge in [-0.25, -0.2) is 9.18 Å². The number of anilines is 2. The fourth-order valence-electron chi connectivity index (χ4n) is 2.40. The van der Waals surface area contributed by atoms with E-state index >= 15 is 0 Å². The minimum atomic E-state index is -0.467. The van der Waals surface area contributed by atoms with Crippen molar-refractivity contribution in [2.24, 2.45) is 0 Å². The van der Waals surface area contributed by atoms with Gasteiger partial charge in [-0.05, 0) is 36.2 Å². The molecule has 3 N–H and O–H groups in total. The predicted octanol–water partition coefficient (Wildman–Crippen LogP) is 4.32. The molecule has 0 fully saturated rings. The van der Waals surface area contributed by atoms with Crippen LogP contribution in [0.3, 0.4) is 0 Å². The first-order chi connectivity index (χ1) is 12.6. The highest BCUT2D eigenvalue weighted by atomic mass is 19.1. The lowest BCUT2D eigenvalue weighted by atomic mass is 10.1. The summed E-state index contributed by atoms with van der Waals surface area (Å²) in [5, 5.41) is 8.09. The van der Waals surface area contributed by atoms with Crippen molar-refractivity contribution in [2.75, 3.05) is 17.2 Å². The van der Waals surface area contributed by atoms with Gasteiger partial charge in [0.15, 0.2) is 0 Å². The van der Waals surface area contributed by atoms with Crippen LogP contribution in [0, 0.1) is 5.82 Å². The first-order valence-electron chi connectivity index (χ1n) is 8.76. The third-order valence-electron chi connectivity index (χ3n) is 3.79. The molecule has 138 valence electrons. The van der Waals surface area contributed by atoms with Crippen molar-refractivity contribution < 1.29 is 14.0 Å². The van der Waals surface area contributed by atoms with E-state index in [1.54, 1.807) is 36.4 Å². The number of carbonyl (C=O) groups excluding carboxylic acids is 2. The lowest BCUT2D eigenvalue weighted by molar-refractivity contribution is -0.115. The number of hydrogen-bond donors (Lipinski definition) is 3. The summed E-state index contributed by atoms with van der Waals surface area (Å²) < 4.78 is 13.5. The number of nitrogens with one attached hydrogen (secondary N) is 3. The number of halogens is 1. The highest BCUT2D eigenvalue weighted by Crippen LogP contribution is 2.14. The molecule has 5 nitrogen and oxygen atoms in total. The van der Waals surface area contributed by atoms with Gasteiger partial charge < -0.3 is 16.0 Å². The van der Waals surface area contributed by atoms with E-state index in [9.17, 15) is 14.0 Å². The Hall–Kier alpha value is -2.89. The standard InChI is InChI=1S/C20H24FN3O2/c1-2-3-6-13-22-20(26)23-16-11-9-15(10-12-16)14-19(25)24-18-8-5-4-7-17(18)21/h4-5,7-12H,2-3,6,13-14H2,1H3,(H,24,25)(H2,22,23,26). The van der Waals surface area contributed by atoms with Crippen LogP contribution in [0.15, 0.2) is 48.5 Å². The van der Waals surface area contributed by atoms with Gasteiger partial charge in [0.25, 0.3) is 0 Å². The Kier molecular flexibility index (Phi) is 7.61. The van der Waals surface area contributed by atoms with E-state index in [1.165, 1.54) is 12.1 Å². The first kappa shape index (κ1) is 19.4. The van der Waals surface area contributed by atoms with Crippen molar-refractivity contribution in [1.82, 2.24) is 5.32 Å². The summed E-state index contributed by atoms with van der Waals surface area (Å²) in [5.74, 6) is -0.769. The Morgan fingerprint density at radius 1 is 0.962 bits per heavy atom. The molecule has 0 heterocycles. The number of benzene rings is 2. The predicted molar refractivity (Wildman–Crippen MR) is 102 cm³/mol. The molecule has 2 rings (SSSR count). The van der Waals surface area contributed by atoms with E-state index in [4.69, 9.17) is 0 Å². The van der Waals surface area contributed by atoms with Crippen molar-refractivity contribution in [2.45, 2.75) is 32.6 Å². The molecule has 0 aromatic heterocycles. The van der Waals surface area contributed by atoms with Crippen molar-refractivity contribution in [3.8, 4) is 0 Å². The fourth-order valence-corrected chi connectivity index (χ4v) is 2.40. The summed E-state index contributed by atoms with van der Waals surface area (Å²) in [6.45, 7) is 2.76. The average molecular weight is 357 g/mol. The molecule has 26 heavy (non-hydrogen) atoms. The van der Waals surface area contributed by atoms with Gasteiger partial charge in [-0.2, -0.15) is 0 Å². The third-order valence-corrected chi connectivity index (χ3v) is 3.79. The van der Waals surface area contributed by atoms with Crippen LogP contribution < -0.4 is 16.0 Å². The van der Waals surface area contributed by atoms with Gasteiger partial charge in [0.2, 0.25) is 5.91 Å². The molecule has 2 aromatic rings. The highest BCUT2D eigenvalue weighted by Gasteiger charge is 2.08. The lowest BCUT2D eigenvalue weighted by Crippen LogP contribution is -2.29. The Morgan fingerprint density at radius 3 is 2.38 bits per heavy atom. The number of hydrogen-bond acceptors (Lipinski definition) is 2. The molecule has 0 atom stereocenters. The summed E-state index contributed by atoms with van der Waals surface area (Å²) in [4.78, 5) is 23.8. The number of amides is 3. The summed E-state index contributed by atoms with van der Waals surface area (Å²) >= 11 is 0. The Labute approximate surface area is 153 Å². The van der Waals surface area contributed by atoms with Crippen LogP contribution in [0.25, 0.3) is 0 Å². The SMILES string of the molecule is CCCCCNC(=O)Nc1ccc(CC(=O)Nc2ccccc2F)cc1. The monoisotopic (exact) mass is 357 g/mol. The molecule has 0 unspecified atom stereocenters. The van der Waals surface area contributed by atoms with Gasteiger partial charge in [0.05, 0.1) is 12.1 Å². The summed E-state index contributed by atoms with van der Waals surface area (Å²) in [5.41, 5.74) is 1.58. The zero-order valence-electron chi connectivity index (χ0n) is 14.8. The molecule has 2 aromatic carbocycles. The van der Waals surface area contributed by atoms with Crippen LogP contribution >= 0.6 is 0 Å². The van der Waals surface area contributed by atoms with Crippen molar-refractivity contribution >= 4 is 23.3 Å². The van der Waals surface area contributed by atoms with Gasteiger partial charge in [0.1, 0.15) is 5.82 Å². The first-order valence-corrected chi connectivity index (χ1v) is 8.76. The molecule has 0 aliphatic rings. The van der Waals surface area contributed by atoms with Gasteiger partial charge in [-0.1, -0.05) is 44.0 Å². The van der Waals surface area contributed by atoms with Gasteiger partial charge in [-0.3, -0.25) is 4.79 Å². The molecule has 0 saturated heterocycles. The molecular weight excluding hydrogens is 333 g/mol. The molecule has 0 bridgehead atoms. The van der Waals surface area contributed by atoms with E-state index in [-0.39, 0.29) is 24.0 Å². The number of unbranched alkanes of at least 4 members (excludes halogenated alkanes) is 2. The molecule has 0 radical (unpaired) electrons. The largest absolute Gasteiger partial charge is 0.338 e. The normalized spacial score (nSPS) is 10.2. The second kappa shape index (κ2) is 10.2. The van der Waals surface area contributed by atoms with Gasteiger partial charge in [-0.15, -0.1) is 0 Å². The quantitative estimate of drug-likeness (QED) is 0.616. The van der Waals surface area contributed by atoms with Crippen LogP contribution in [-0.2, 0) is 11.2 Å². The lowest BCUT2D eigenvalue weighted by Gasteiger charge is -2.09. The second-order valence-electron chi connectivity index (χ2n) is 5.99. The van der Waals surface area contributed by atoms with Crippen LogP contribution in [0.4, 0.5) is 20.6 Å². The third kappa shape index (κ3) is 6.55. The summed E-state index contributed by atoms with van der Waals surface area (Å²) in [6, 6.07) is 12.8. The number of urea groups is 1. The Balaban J connectivity index is 1.80. The smallest absolute Gasteiger partial charge is 0.319 e. The van der Waals surface area contributed by atoms with Crippen LogP contribution in [0.2, 0.25) is 0 Å². The number of carbonyl (C=O) groups is 2. The molecule has 0 saturated carbocycles. The van der Waals surface area contributed by atoms with Crippen molar-refractivity contribution in [1.29, 1.82) is 0 Å². The Bertz CT molecular complexity index is 732. The van der Waals surface area contributed by atoms with E-state index in [0.29, 0.717) is 12.2 Å². The molecule has 3 amide bonds. The fraction of sp³-hybridized carbons (Fsp3) is 0.300. The van der Waals surface area contributed by atoms with Crippen LogP contribution in [-0.4, -0.2) is 18.5 Å². The van der Waals surface area contributed by atoms with Crippen LogP contribution in [0.5, 0.6) is 0 Å². The maximum Gasteiger partial charge on any atom is 0.319 e. The summed E-state index contributed by atoms with van der Waals surface area (Å²) in [7, 11) is 0. The zero-order chi connectivity index (χ0) is 18.8. The molecule has 0 spiro atoms. The number of para-hydroxylation sites is 1. The minimum absolute atomic E-state index is 0.123. The molecule has 0 aliphatic carbocycles. The topological polar surface area (TPSA) is 70.2 Å².